The highest BCUT2D eigenvalue weighted by molar-refractivity contribution is 8.00. The Morgan fingerprint density at radius 3 is 2.61 bits per heavy atom. The van der Waals surface area contributed by atoms with E-state index in [2.05, 4.69) is 51.7 Å². The number of nitrogens with two attached hydrogens (primary N) is 1. The molecule has 0 spiro atoms. The number of hydrogen-bond donors (Lipinski definition) is 2. The van der Waals surface area contributed by atoms with Gasteiger partial charge >= 0.3 is 6.01 Å². The van der Waals surface area contributed by atoms with Crippen molar-refractivity contribution in [3.63, 3.8) is 0 Å². The fraction of sp³-hybridized carbons (Fsp3) is 0.286. The van der Waals surface area contributed by atoms with E-state index in [9.17, 15) is 0 Å². The highest BCUT2D eigenvalue weighted by Crippen LogP contribution is 2.30. The zero-order chi connectivity index (χ0) is 16.2. The van der Waals surface area contributed by atoms with Crippen LogP contribution in [-0.4, -0.2) is 20.4 Å². The molecule has 7 nitrogen and oxygen atoms in total. The van der Waals surface area contributed by atoms with Crippen molar-refractivity contribution in [3.05, 3.63) is 35.7 Å². The molecule has 0 aliphatic heterocycles. The third-order valence-electron chi connectivity index (χ3n) is 3.04. The van der Waals surface area contributed by atoms with E-state index in [0.717, 1.165) is 15.2 Å². The Morgan fingerprint density at radius 1 is 1.17 bits per heavy atom. The Morgan fingerprint density at radius 2 is 1.96 bits per heavy atom. The summed E-state index contributed by atoms with van der Waals surface area (Å²) in [6, 6.07) is 8.40. The zero-order valence-electron chi connectivity index (χ0n) is 12.7. The fourth-order valence-electron chi connectivity index (χ4n) is 1.84. The molecule has 2 aromatic heterocycles. The Labute approximate surface area is 141 Å². The molecule has 3 rings (SSSR count). The lowest BCUT2D eigenvalue weighted by molar-refractivity contribution is 0.533. The number of thioether (sulfide) groups is 1. The fourth-order valence-corrected chi connectivity index (χ4v) is 3.45. The lowest BCUT2D eigenvalue weighted by Crippen LogP contribution is -1.91. The van der Waals surface area contributed by atoms with Gasteiger partial charge in [-0.25, -0.2) is 0 Å². The monoisotopic (exact) mass is 348 g/mol. The van der Waals surface area contributed by atoms with Gasteiger partial charge < -0.3 is 15.5 Å². The SMILES string of the molecule is CC(C)c1ccc(Nc2nnc(SCc3nnc(N)o3)s2)cc1. The van der Waals surface area contributed by atoms with Crippen LogP contribution in [0.5, 0.6) is 0 Å². The molecule has 0 aliphatic carbocycles. The summed E-state index contributed by atoms with van der Waals surface area (Å²) in [4.78, 5) is 0. The topological polar surface area (TPSA) is 103 Å². The van der Waals surface area contributed by atoms with Gasteiger partial charge in [-0.2, -0.15) is 0 Å². The predicted octanol–water partition coefficient (Wildman–Crippen LogP) is 3.66. The van der Waals surface area contributed by atoms with E-state index in [1.165, 1.54) is 28.7 Å². The number of nitrogens with one attached hydrogen (secondary N) is 1. The van der Waals surface area contributed by atoms with E-state index in [-0.39, 0.29) is 6.01 Å². The molecule has 3 N–H and O–H groups in total. The van der Waals surface area contributed by atoms with Gasteiger partial charge in [0.2, 0.25) is 11.0 Å². The molecule has 0 atom stereocenters. The van der Waals surface area contributed by atoms with Gasteiger partial charge in [-0.05, 0) is 23.6 Å². The molecule has 3 aromatic rings. The van der Waals surface area contributed by atoms with Crippen LogP contribution in [0.4, 0.5) is 16.8 Å². The van der Waals surface area contributed by atoms with Gasteiger partial charge in [0, 0.05) is 5.69 Å². The average Bonchev–Trinajstić information content (AvgIpc) is 3.15. The van der Waals surface area contributed by atoms with Gasteiger partial charge in [0.05, 0.1) is 5.75 Å². The first kappa shape index (κ1) is 15.8. The van der Waals surface area contributed by atoms with E-state index in [0.29, 0.717) is 17.6 Å². The number of anilines is 3. The van der Waals surface area contributed by atoms with Crippen molar-refractivity contribution in [3.8, 4) is 0 Å². The molecule has 2 heterocycles. The van der Waals surface area contributed by atoms with Crippen molar-refractivity contribution < 1.29 is 4.42 Å². The normalized spacial score (nSPS) is 11.1. The number of hydrogen-bond acceptors (Lipinski definition) is 9. The molecular weight excluding hydrogens is 332 g/mol. The predicted molar refractivity (Wildman–Crippen MR) is 92.0 cm³/mol. The first-order valence-corrected chi connectivity index (χ1v) is 8.81. The number of benzene rings is 1. The summed E-state index contributed by atoms with van der Waals surface area (Å²) in [7, 11) is 0. The Balaban J connectivity index is 1.58. The molecule has 0 fully saturated rings. The van der Waals surface area contributed by atoms with E-state index >= 15 is 0 Å². The third-order valence-corrected chi connectivity index (χ3v) is 4.99. The van der Waals surface area contributed by atoms with Crippen molar-refractivity contribution in [2.75, 3.05) is 11.1 Å². The molecule has 0 unspecified atom stereocenters. The Hall–Kier alpha value is -2.13. The largest absolute Gasteiger partial charge is 0.407 e. The van der Waals surface area contributed by atoms with Crippen LogP contribution in [0.3, 0.4) is 0 Å². The molecule has 0 amide bonds. The molecule has 23 heavy (non-hydrogen) atoms. The second-order valence-electron chi connectivity index (χ2n) is 5.10. The summed E-state index contributed by atoms with van der Waals surface area (Å²) in [5.41, 5.74) is 7.68. The number of aromatic nitrogens is 4. The van der Waals surface area contributed by atoms with Gasteiger partial charge in [0.15, 0.2) is 4.34 Å². The first-order valence-electron chi connectivity index (χ1n) is 7.01. The highest BCUT2D eigenvalue weighted by atomic mass is 32.2. The lowest BCUT2D eigenvalue weighted by atomic mass is 10.0. The van der Waals surface area contributed by atoms with Crippen LogP contribution in [0.15, 0.2) is 33.0 Å². The van der Waals surface area contributed by atoms with Crippen molar-refractivity contribution >= 4 is 39.9 Å². The Bertz CT molecular complexity index is 768. The molecule has 9 heteroatoms. The van der Waals surface area contributed by atoms with Crippen molar-refractivity contribution in [2.24, 2.45) is 0 Å². The van der Waals surface area contributed by atoms with E-state index in [1.54, 1.807) is 0 Å². The second kappa shape index (κ2) is 6.97. The minimum Gasteiger partial charge on any atom is -0.407 e. The van der Waals surface area contributed by atoms with Crippen LogP contribution in [0.2, 0.25) is 0 Å². The van der Waals surface area contributed by atoms with Gasteiger partial charge in [-0.1, -0.05) is 54.2 Å². The summed E-state index contributed by atoms with van der Waals surface area (Å²) in [5, 5.41) is 19.7. The summed E-state index contributed by atoms with van der Waals surface area (Å²) in [5.74, 6) is 1.51. The van der Waals surface area contributed by atoms with Gasteiger partial charge in [0.1, 0.15) is 0 Å². The molecule has 0 aliphatic rings. The molecule has 0 saturated carbocycles. The molecular formula is C14H16N6OS2. The van der Waals surface area contributed by atoms with Crippen LogP contribution >= 0.6 is 23.1 Å². The van der Waals surface area contributed by atoms with Crippen LogP contribution in [0.25, 0.3) is 0 Å². The summed E-state index contributed by atoms with van der Waals surface area (Å²) < 4.78 is 5.94. The number of rotatable bonds is 6. The minimum atomic E-state index is 0.0741. The van der Waals surface area contributed by atoms with E-state index < -0.39 is 0 Å². The second-order valence-corrected chi connectivity index (χ2v) is 7.30. The van der Waals surface area contributed by atoms with Crippen LogP contribution in [-0.2, 0) is 5.75 Å². The first-order chi connectivity index (χ1) is 11.1. The van der Waals surface area contributed by atoms with Gasteiger partial charge in [-0.3, -0.25) is 0 Å². The van der Waals surface area contributed by atoms with Crippen molar-refractivity contribution in [2.45, 2.75) is 29.9 Å². The molecule has 0 bridgehead atoms. The Kier molecular flexibility index (Phi) is 4.77. The van der Waals surface area contributed by atoms with Crippen molar-refractivity contribution in [1.82, 2.24) is 20.4 Å². The van der Waals surface area contributed by atoms with Crippen molar-refractivity contribution in [1.29, 1.82) is 0 Å². The number of nitrogens with zero attached hydrogens (tertiary/aromatic N) is 4. The summed E-state index contributed by atoms with van der Waals surface area (Å²) in [6.45, 7) is 4.35. The van der Waals surface area contributed by atoms with E-state index in [4.69, 9.17) is 10.2 Å². The summed E-state index contributed by atoms with van der Waals surface area (Å²) >= 11 is 2.95. The third kappa shape index (κ3) is 4.20. The molecule has 1 aromatic carbocycles. The van der Waals surface area contributed by atoms with Gasteiger partial charge in [0.25, 0.3) is 0 Å². The molecule has 0 radical (unpaired) electrons. The highest BCUT2D eigenvalue weighted by Gasteiger charge is 2.09. The standard InChI is InChI=1S/C14H16N6OS2/c1-8(2)9-3-5-10(6-4-9)16-13-19-20-14(23-13)22-7-11-17-18-12(15)21-11/h3-6,8H,7H2,1-2H3,(H2,15,18)(H,16,19). The maximum atomic E-state index is 5.38. The number of nitrogen functional groups attached to an aromatic ring is 1. The lowest BCUT2D eigenvalue weighted by Gasteiger charge is -2.06. The van der Waals surface area contributed by atoms with Crippen LogP contribution in [0.1, 0.15) is 31.2 Å². The maximum Gasteiger partial charge on any atom is 0.312 e. The quantitative estimate of drug-likeness (QED) is 0.651. The molecule has 0 saturated heterocycles. The smallest absolute Gasteiger partial charge is 0.312 e. The van der Waals surface area contributed by atoms with Gasteiger partial charge in [-0.15, -0.1) is 15.3 Å². The molecule has 120 valence electrons. The van der Waals surface area contributed by atoms with E-state index in [1.807, 2.05) is 12.1 Å². The summed E-state index contributed by atoms with van der Waals surface area (Å²) in [6.07, 6.45) is 0. The average molecular weight is 348 g/mol. The van der Waals surface area contributed by atoms with Crippen LogP contribution in [0, 0.1) is 0 Å². The van der Waals surface area contributed by atoms with Crippen LogP contribution < -0.4 is 11.1 Å². The minimum absolute atomic E-state index is 0.0741. The maximum absolute atomic E-state index is 5.38. The zero-order valence-corrected chi connectivity index (χ0v) is 14.3.